The van der Waals surface area contributed by atoms with Crippen molar-refractivity contribution < 1.29 is 24.2 Å². The average Bonchev–Trinajstić information content (AvgIpc) is 2.94. The smallest absolute Gasteiger partial charge is 0.305 e. The molecule has 0 spiro atoms. The Morgan fingerprint density at radius 2 is 2.30 bits per heavy atom. The van der Waals surface area contributed by atoms with Gasteiger partial charge in [0.05, 0.1) is 25.4 Å². The van der Waals surface area contributed by atoms with Crippen LogP contribution in [-0.4, -0.2) is 46.7 Å². The highest BCUT2D eigenvalue weighted by Gasteiger charge is 2.50. The number of hydrogen-bond acceptors (Lipinski definition) is 5. The number of aldehydes is 1. The normalized spacial score (nSPS) is 37.5. The van der Waals surface area contributed by atoms with Crippen LogP contribution >= 0.6 is 22.6 Å². The van der Waals surface area contributed by atoms with E-state index in [4.69, 9.17) is 4.74 Å². The molecule has 1 saturated heterocycles. The zero-order valence-corrected chi connectivity index (χ0v) is 13.7. The first-order valence-corrected chi connectivity index (χ1v) is 8.31. The van der Waals surface area contributed by atoms with E-state index in [-0.39, 0.29) is 30.0 Å². The van der Waals surface area contributed by atoms with Gasteiger partial charge in [0.25, 0.3) is 0 Å². The number of esters is 1. The van der Waals surface area contributed by atoms with Crippen molar-refractivity contribution in [3.63, 3.8) is 0 Å². The summed E-state index contributed by atoms with van der Waals surface area (Å²) in [4.78, 5) is 22.1. The van der Waals surface area contributed by atoms with E-state index in [1.807, 2.05) is 0 Å². The molecule has 1 aliphatic heterocycles. The van der Waals surface area contributed by atoms with Gasteiger partial charge >= 0.3 is 5.97 Å². The Kier molecular flexibility index (Phi) is 5.80. The molecule has 6 heteroatoms. The second-order valence-electron chi connectivity index (χ2n) is 5.61. The fourth-order valence-corrected chi connectivity index (χ4v) is 4.17. The molecule has 5 nitrogen and oxygen atoms in total. The number of fused-ring (bicyclic) bond motifs is 1. The molecule has 0 aromatic carbocycles. The van der Waals surface area contributed by atoms with Crippen LogP contribution in [0.4, 0.5) is 0 Å². The van der Waals surface area contributed by atoms with E-state index in [0.717, 1.165) is 25.5 Å². The molecule has 0 aromatic heterocycles. The molecular weight excluding hydrogens is 375 g/mol. The number of ether oxygens (including phenoxy) is 2. The lowest BCUT2D eigenvalue weighted by Gasteiger charge is -2.20. The van der Waals surface area contributed by atoms with Gasteiger partial charge in [0, 0.05) is 22.7 Å². The van der Waals surface area contributed by atoms with Crippen LogP contribution in [0.15, 0.2) is 0 Å². The number of carbonyl (C=O) groups excluding carboxylic acids is 2. The summed E-state index contributed by atoms with van der Waals surface area (Å²) in [5.74, 6) is -0.295. The van der Waals surface area contributed by atoms with Crippen LogP contribution in [0.25, 0.3) is 0 Å². The topological polar surface area (TPSA) is 72.8 Å². The maximum Gasteiger partial charge on any atom is 0.305 e. The largest absolute Gasteiger partial charge is 0.469 e. The molecule has 1 heterocycles. The molecule has 2 fully saturated rings. The van der Waals surface area contributed by atoms with Gasteiger partial charge in [-0.05, 0) is 25.2 Å². The van der Waals surface area contributed by atoms with Crippen molar-refractivity contribution in [3.05, 3.63) is 0 Å². The van der Waals surface area contributed by atoms with E-state index in [2.05, 4.69) is 27.3 Å². The Hall–Kier alpha value is -0.210. The minimum Gasteiger partial charge on any atom is -0.469 e. The summed E-state index contributed by atoms with van der Waals surface area (Å²) in [6.07, 6.45) is 3.99. The summed E-state index contributed by atoms with van der Waals surface area (Å²) >= 11 is 2.36. The fraction of sp³-hybridized carbons (Fsp3) is 0.857. The van der Waals surface area contributed by atoms with E-state index in [0.29, 0.717) is 16.8 Å². The Bertz CT molecular complexity index is 361. The first-order chi connectivity index (χ1) is 9.56. The van der Waals surface area contributed by atoms with Crippen LogP contribution in [0, 0.1) is 11.8 Å². The van der Waals surface area contributed by atoms with Crippen molar-refractivity contribution in [1.82, 2.24) is 0 Å². The molecule has 2 rings (SSSR count). The van der Waals surface area contributed by atoms with E-state index in [9.17, 15) is 14.7 Å². The first kappa shape index (κ1) is 16.2. The highest BCUT2D eigenvalue weighted by atomic mass is 127. The van der Waals surface area contributed by atoms with Crippen LogP contribution in [0.2, 0.25) is 0 Å². The lowest BCUT2D eigenvalue weighted by atomic mass is 9.91. The Balaban J connectivity index is 1.78. The average molecular weight is 396 g/mol. The van der Waals surface area contributed by atoms with Gasteiger partial charge in [0.1, 0.15) is 6.29 Å². The van der Waals surface area contributed by atoms with Gasteiger partial charge in [0.2, 0.25) is 0 Å². The minimum atomic E-state index is -0.546. The molecule has 0 radical (unpaired) electrons. The monoisotopic (exact) mass is 396 g/mol. The van der Waals surface area contributed by atoms with Crippen LogP contribution < -0.4 is 0 Å². The molecular formula is C14H21IO5. The van der Waals surface area contributed by atoms with Gasteiger partial charge in [-0.1, -0.05) is 22.6 Å². The number of aliphatic hydroxyl groups is 1. The van der Waals surface area contributed by atoms with Gasteiger partial charge in [-0.25, -0.2) is 0 Å². The number of carbonyl (C=O) groups is 2. The third-order valence-electron chi connectivity index (χ3n) is 4.39. The molecule has 114 valence electrons. The summed E-state index contributed by atoms with van der Waals surface area (Å²) in [5, 5.41) is 9.78. The predicted molar refractivity (Wildman–Crippen MR) is 80.6 cm³/mol. The zero-order chi connectivity index (χ0) is 14.7. The highest BCUT2D eigenvalue weighted by molar-refractivity contribution is 14.1. The standard InChI is InChI=1S/C14H21IO5/c1-19-14(18)4-2-3-10(15)13-5-8-9(7-16)11(17)6-12(8)20-13/h7-13,17H,2-6H2,1H3. The number of rotatable bonds is 6. The third kappa shape index (κ3) is 3.51. The quantitative estimate of drug-likeness (QED) is 0.319. The summed E-state index contributed by atoms with van der Waals surface area (Å²) < 4.78 is 10.9. The molecule has 2 aliphatic rings. The van der Waals surface area contributed by atoms with Crippen molar-refractivity contribution in [2.45, 2.75) is 54.3 Å². The van der Waals surface area contributed by atoms with Gasteiger partial charge in [-0.2, -0.15) is 0 Å². The summed E-state index contributed by atoms with van der Waals surface area (Å²) in [7, 11) is 1.40. The maximum absolute atomic E-state index is 11.1. The Labute approximate surface area is 132 Å². The second kappa shape index (κ2) is 7.17. The van der Waals surface area contributed by atoms with Crippen molar-refractivity contribution in [2.24, 2.45) is 11.8 Å². The lowest BCUT2D eigenvalue weighted by Crippen LogP contribution is -2.25. The highest BCUT2D eigenvalue weighted by Crippen LogP contribution is 2.44. The molecule has 1 N–H and O–H groups in total. The van der Waals surface area contributed by atoms with Gasteiger partial charge in [-0.15, -0.1) is 0 Å². The van der Waals surface area contributed by atoms with E-state index in [1.54, 1.807) is 0 Å². The van der Waals surface area contributed by atoms with Crippen molar-refractivity contribution in [2.75, 3.05) is 7.11 Å². The number of halogens is 1. The molecule has 20 heavy (non-hydrogen) atoms. The number of alkyl halides is 1. The Morgan fingerprint density at radius 1 is 1.55 bits per heavy atom. The van der Waals surface area contributed by atoms with Gasteiger partial charge in [0.15, 0.2) is 0 Å². The molecule has 1 saturated carbocycles. The van der Waals surface area contributed by atoms with E-state index >= 15 is 0 Å². The van der Waals surface area contributed by atoms with Gasteiger partial charge < -0.3 is 19.4 Å². The van der Waals surface area contributed by atoms with Crippen molar-refractivity contribution >= 4 is 34.8 Å². The van der Waals surface area contributed by atoms with Gasteiger partial charge in [-0.3, -0.25) is 4.79 Å². The van der Waals surface area contributed by atoms with Crippen LogP contribution in [-0.2, 0) is 19.1 Å². The lowest BCUT2D eigenvalue weighted by molar-refractivity contribution is -0.140. The maximum atomic E-state index is 11.1. The summed E-state index contributed by atoms with van der Waals surface area (Å²) in [6, 6.07) is 0. The van der Waals surface area contributed by atoms with Crippen molar-refractivity contribution in [3.8, 4) is 0 Å². The van der Waals surface area contributed by atoms with Crippen LogP contribution in [0.1, 0.15) is 32.1 Å². The number of aliphatic hydroxyl groups excluding tert-OH is 1. The van der Waals surface area contributed by atoms with E-state index in [1.165, 1.54) is 7.11 Å². The van der Waals surface area contributed by atoms with Crippen LogP contribution in [0.3, 0.4) is 0 Å². The van der Waals surface area contributed by atoms with E-state index < -0.39 is 6.10 Å². The summed E-state index contributed by atoms with van der Waals surface area (Å²) in [5.41, 5.74) is 0. The fourth-order valence-electron chi connectivity index (χ4n) is 3.27. The van der Waals surface area contributed by atoms with Crippen LogP contribution in [0.5, 0.6) is 0 Å². The molecule has 0 amide bonds. The molecule has 0 bridgehead atoms. The molecule has 6 atom stereocenters. The minimum absolute atomic E-state index is 0.0167. The second-order valence-corrected chi connectivity index (χ2v) is 7.21. The third-order valence-corrected chi connectivity index (χ3v) is 5.82. The molecule has 1 aliphatic carbocycles. The SMILES string of the molecule is COC(=O)CCCC(I)C1CC2C(CC(O)C2C=O)O1. The Morgan fingerprint density at radius 3 is 2.95 bits per heavy atom. The van der Waals surface area contributed by atoms with Crippen molar-refractivity contribution in [1.29, 1.82) is 0 Å². The summed E-state index contributed by atoms with van der Waals surface area (Å²) in [6.45, 7) is 0. The first-order valence-electron chi connectivity index (χ1n) is 7.06. The number of methoxy groups -OCH3 is 1. The zero-order valence-electron chi connectivity index (χ0n) is 11.5. The molecule has 0 aromatic rings. The molecule has 6 unspecified atom stereocenters. The predicted octanol–water partition coefficient (Wildman–Crippen LogP) is 1.49. The number of hydrogen-bond donors (Lipinski definition) is 1.